The van der Waals surface area contributed by atoms with Crippen LogP contribution >= 0.6 is 0 Å². The van der Waals surface area contributed by atoms with Gasteiger partial charge in [0, 0.05) is 50.7 Å². The Hall–Kier alpha value is -1.93. The Bertz CT molecular complexity index is 819. The van der Waals surface area contributed by atoms with Gasteiger partial charge in [0.1, 0.15) is 0 Å². The van der Waals surface area contributed by atoms with E-state index in [1.807, 2.05) is 4.90 Å². The zero-order valence-corrected chi connectivity index (χ0v) is 16.2. The summed E-state index contributed by atoms with van der Waals surface area (Å²) >= 11 is 0. The number of carbonyl (C=O) groups is 2. The van der Waals surface area contributed by atoms with Crippen LogP contribution in [0.2, 0.25) is 0 Å². The molecule has 1 aromatic carbocycles. The van der Waals surface area contributed by atoms with Crippen LogP contribution in [0.15, 0.2) is 29.2 Å². The molecule has 2 amide bonds. The highest BCUT2D eigenvalue weighted by Crippen LogP contribution is 2.31. The van der Waals surface area contributed by atoms with Crippen molar-refractivity contribution in [2.45, 2.75) is 30.6 Å². The van der Waals surface area contributed by atoms with Crippen LogP contribution in [0.1, 0.15) is 36.0 Å². The lowest BCUT2D eigenvalue weighted by Crippen LogP contribution is -2.51. The molecule has 0 radical (unpaired) electrons. The Balaban J connectivity index is 1.39. The number of benzene rings is 1. The van der Waals surface area contributed by atoms with Crippen LogP contribution in [0.25, 0.3) is 0 Å². The number of hydrogen-bond acceptors (Lipinski definition) is 4. The van der Waals surface area contributed by atoms with Crippen molar-refractivity contribution in [2.24, 2.45) is 5.92 Å². The van der Waals surface area contributed by atoms with Crippen molar-refractivity contribution >= 4 is 21.8 Å². The van der Waals surface area contributed by atoms with Gasteiger partial charge in [-0.1, -0.05) is 0 Å². The number of sulfonamides is 1. The first-order valence-electron chi connectivity index (χ1n) is 9.65. The van der Waals surface area contributed by atoms with Gasteiger partial charge < -0.3 is 9.80 Å². The van der Waals surface area contributed by atoms with Crippen LogP contribution in [-0.4, -0.2) is 73.6 Å². The SMILES string of the molecule is O=C(c1ccc(S(=O)(=O)N2CCCC2)cc1)N1CCN(C(=O)C2CC2)CC1. The molecule has 2 aliphatic heterocycles. The second-order valence-electron chi connectivity index (χ2n) is 7.53. The topological polar surface area (TPSA) is 78.0 Å². The fraction of sp³-hybridized carbons (Fsp3) is 0.579. The van der Waals surface area contributed by atoms with E-state index in [0.717, 1.165) is 25.7 Å². The van der Waals surface area contributed by atoms with Gasteiger partial charge in [0.25, 0.3) is 5.91 Å². The average molecular weight is 391 g/mol. The first-order valence-corrected chi connectivity index (χ1v) is 11.1. The van der Waals surface area contributed by atoms with Crippen molar-refractivity contribution in [3.63, 3.8) is 0 Å². The van der Waals surface area contributed by atoms with Crippen molar-refractivity contribution in [3.8, 4) is 0 Å². The maximum Gasteiger partial charge on any atom is 0.253 e. The van der Waals surface area contributed by atoms with Crippen LogP contribution in [0, 0.1) is 5.92 Å². The second-order valence-corrected chi connectivity index (χ2v) is 9.47. The van der Waals surface area contributed by atoms with Gasteiger partial charge in [0.05, 0.1) is 4.90 Å². The lowest BCUT2D eigenvalue weighted by molar-refractivity contribution is -0.134. The summed E-state index contributed by atoms with van der Waals surface area (Å²) in [6.45, 7) is 3.31. The summed E-state index contributed by atoms with van der Waals surface area (Å²) in [4.78, 5) is 28.6. The standard InChI is InChI=1S/C19H25N3O4S/c23-18(15-3-4-15)20-11-13-21(14-12-20)19(24)16-5-7-17(8-6-16)27(25,26)22-9-1-2-10-22/h5-8,15H,1-4,9-14H2. The molecular weight excluding hydrogens is 366 g/mol. The molecule has 0 atom stereocenters. The molecule has 4 rings (SSSR count). The Kier molecular flexibility index (Phi) is 4.94. The first-order chi connectivity index (χ1) is 13.0. The number of carbonyl (C=O) groups excluding carboxylic acids is 2. The average Bonchev–Trinajstić information content (AvgIpc) is 3.40. The van der Waals surface area contributed by atoms with E-state index in [-0.39, 0.29) is 22.6 Å². The minimum atomic E-state index is -3.46. The molecule has 1 aliphatic carbocycles. The fourth-order valence-electron chi connectivity index (χ4n) is 3.75. The van der Waals surface area contributed by atoms with Crippen LogP contribution in [0.4, 0.5) is 0 Å². The van der Waals surface area contributed by atoms with Crippen molar-refractivity contribution in [1.82, 2.24) is 14.1 Å². The molecule has 0 aromatic heterocycles. The molecule has 27 heavy (non-hydrogen) atoms. The Labute approximate surface area is 160 Å². The van der Waals surface area contributed by atoms with Crippen LogP contribution < -0.4 is 0 Å². The third-order valence-electron chi connectivity index (χ3n) is 5.61. The molecular formula is C19H25N3O4S. The molecule has 0 N–H and O–H groups in total. The number of hydrogen-bond donors (Lipinski definition) is 0. The predicted molar refractivity (Wildman–Crippen MR) is 99.6 cm³/mol. The van der Waals surface area contributed by atoms with E-state index in [0.29, 0.717) is 44.8 Å². The van der Waals surface area contributed by atoms with Gasteiger partial charge >= 0.3 is 0 Å². The number of nitrogens with zero attached hydrogens (tertiary/aromatic N) is 3. The molecule has 7 nitrogen and oxygen atoms in total. The highest BCUT2D eigenvalue weighted by atomic mass is 32.2. The lowest BCUT2D eigenvalue weighted by atomic mass is 10.1. The molecule has 1 saturated carbocycles. The summed E-state index contributed by atoms with van der Waals surface area (Å²) in [7, 11) is -3.46. The number of amides is 2. The highest BCUT2D eigenvalue weighted by molar-refractivity contribution is 7.89. The predicted octanol–water partition coefficient (Wildman–Crippen LogP) is 1.17. The molecule has 3 fully saturated rings. The van der Waals surface area contributed by atoms with Gasteiger partial charge in [-0.2, -0.15) is 4.31 Å². The molecule has 0 bridgehead atoms. The summed E-state index contributed by atoms with van der Waals surface area (Å²) in [6, 6.07) is 6.22. The molecule has 2 saturated heterocycles. The van der Waals surface area contributed by atoms with Gasteiger partial charge in [-0.25, -0.2) is 8.42 Å². The highest BCUT2D eigenvalue weighted by Gasteiger charge is 2.35. The molecule has 1 aromatic rings. The van der Waals surface area contributed by atoms with Gasteiger partial charge in [0.2, 0.25) is 15.9 Å². The van der Waals surface area contributed by atoms with Crippen molar-refractivity contribution in [2.75, 3.05) is 39.3 Å². The fourth-order valence-corrected chi connectivity index (χ4v) is 5.27. The molecule has 3 aliphatic rings. The van der Waals surface area contributed by atoms with E-state index >= 15 is 0 Å². The summed E-state index contributed by atoms with van der Waals surface area (Å²) in [5.74, 6) is 0.314. The molecule has 2 heterocycles. The van der Waals surface area contributed by atoms with E-state index in [9.17, 15) is 18.0 Å². The van der Waals surface area contributed by atoms with Crippen LogP contribution in [0.3, 0.4) is 0 Å². The van der Waals surface area contributed by atoms with E-state index in [1.165, 1.54) is 16.4 Å². The third-order valence-corrected chi connectivity index (χ3v) is 7.52. The van der Waals surface area contributed by atoms with E-state index in [4.69, 9.17) is 0 Å². The summed E-state index contributed by atoms with van der Waals surface area (Å²) < 4.78 is 26.6. The molecule has 146 valence electrons. The normalized spacial score (nSPS) is 21.5. The molecule has 0 spiro atoms. The molecule has 0 unspecified atom stereocenters. The number of piperazine rings is 1. The van der Waals surface area contributed by atoms with Crippen molar-refractivity contribution < 1.29 is 18.0 Å². The van der Waals surface area contributed by atoms with E-state index in [2.05, 4.69) is 0 Å². The Morgan fingerprint density at radius 3 is 1.93 bits per heavy atom. The lowest BCUT2D eigenvalue weighted by Gasteiger charge is -2.35. The van der Waals surface area contributed by atoms with E-state index in [1.54, 1.807) is 17.0 Å². The quantitative estimate of drug-likeness (QED) is 0.772. The van der Waals surface area contributed by atoms with Crippen LogP contribution in [-0.2, 0) is 14.8 Å². The summed E-state index contributed by atoms with van der Waals surface area (Å²) in [5.41, 5.74) is 0.484. The summed E-state index contributed by atoms with van der Waals surface area (Å²) in [5, 5.41) is 0. The Morgan fingerprint density at radius 1 is 0.815 bits per heavy atom. The second kappa shape index (κ2) is 7.24. The minimum absolute atomic E-state index is 0.112. The van der Waals surface area contributed by atoms with Gasteiger partial charge in [-0.05, 0) is 49.9 Å². The van der Waals surface area contributed by atoms with Crippen molar-refractivity contribution in [3.05, 3.63) is 29.8 Å². The maximum atomic E-state index is 12.7. The monoisotopic (exact) mass is 391 g/mol. The molecule has 8 heteroatoms. The third kappa shape index (κ3) is 3.73. The zero-order chi connectivity index (χ0) is 19.0. The summed E-state index contributed by atoms with van der Waals surface area (Å²) in [6.07, 6.45) is 3.77. The zero-order valence-electron chi connectivity index (χ0n) is 15.3. The first kappa shape index (κ1) is 18.4. The van der Waals surface area contributed by atoms with Gasteiger partial charge in [-0.3, -0.25) is 9.59 Å². The minimum Gasteiger partial charge on any atom is -0.339 e. The van der Waals surface area contributed by atoms with Gasteiger partial charge in [0.15, 0.2) is 0 Å². The number of rotatable bonds is 4. The van der Waals surface area contributed by atoms with E-state index < -0.39 is 10.0 Å². The smallest absolute Gasteiger partial charge is 0.253 e. The Morgan fingerprint density at radius 2 is 1.37 bits per heavy atom. The largest absolute Gasteiger partial charge is 0.339 e. The maximum absolute atomic E-state index is 12.7. The van der Waals surface area contributed by atoms with Gasteiger partial charge in [-0.15, -0.1) is 0 Å². The van der Waals surface area contributed by atoms with Crippen molar-refractivity contribution in [1.29, 1.82) is 0 Å². The van der Waals surface area contributed by atoms with Crippen LogP contribution in [0.5, 0.6) is 0 Å².